The van der Waals surface area contributed by atoms with Crippen LogP contribution in [0.3, 0.4) is 0 Å². The Kier molecular flexibility index (Phi) is 6.48. The maximum Gasteiger partial charge on any atom is 0.233 e. The third-order valence-electron chi connectivity index (χ3n) is 5.20. The Morgan fingerprint density at radius 2 is 1.39 bits per heavy atom. The van der Waals surface area contributed by atoms with Crippen molar-refractivity contribution in [3.05, 3.63) is 102 Å². The Hall–Kier alpha value is -3.38. The van der Waals surface area contributed by atoms with E-state index in [0.29, 0.717) is 0 Å². The molecule has 0 saturated heterocycles. The molecule has 0 saturated carbocycles. The first-order valence-electron chi connectivity index (χ1n) is 10.1. The molecule has 4 rings (SSSR count). The Morgan fingerprint density at radius 3 is 1.94 bits per heavy atom. The van der Waals surface area contributed by atoms with Crippen LogP contribution in [0.25, 0.3) is 11.4 Å². The van der Waals surface area contributed by atoms with Gasteiger partial charge in [0.15, 0.2) is 11.0 Å². The highest BCUT2D eigenvalue weighted by atomic mass is 32.2. The molecule has 156 valence electrons. The maximum atomic E-state index is 13.1. The van der Waals surface area contributed by atoms with E-state index in [1.165, 1.54) is 11.8 Å². The highest BCUT2D eigenvalue weighted by Crippen LogP contribution is 2.29. The van der Waals surface area contributed by atoms with E-state index in [0.717, 1.165) is 27.7 Å². The summed E-state index contributed by atoms with van der Waals surface area (Å²) in [4.78, 5) is 15.0. The minimum Gasteiger partial charge on any atom is -0.334 e. The second-order valence-electron chi connectivity index (χ2n) is 7.25. The number of nitrogens with zero attached hydrogens (tertiary/aromatic N) is 4. The van der Waals surface area contributed by atoms with Gasteiger partial charge in [-0.05, 0) is 11.1 Å². The maximum absolute atomic E-state index is 13.1. The molecule has 0 radical (unpaired) electrons. The molecular weight excluding hydrogens is 404 g/mol. The van der Waals surface area contributed by atoms with Crippen LogP contribution in [-0.4, -0.2) is 38.4 Å². The smallest absolute Gasteiger partial charge is 0.233 e. The van der Waals surface area contributed by atoms with Crippen LogP contribution in [0, 0.1) is 0 Å². The van der Waals surface area contributed by atoms with Crippen LogP contribution in [-0.2, 0) is 11.8 Å². The lowest BCUT2D eigenvalue weighted by Crippen LogP contribution is -2.33. The molecule has 0 aliphatic rings. The molecule has 0 aliphatic carbocycles. The Labute approximate surface area is 186 Å². The van der Waals surface area contributed by atoms with Gasteiger partial charge in [-0.3, -0.25) is 4.79 Å². The van der Waals surface area contributed by atoms with Gasteiger partial charge in [0.05, 0.1) is 11.8 Å². The average Bonchev–Trinajstić information content (AvgIpc) is 3.19. The summed E-state index contributed by atoms with van der Waals surface area (Å²) in [5, 5.41) is 9.32. The Balaban J connectivity index is 1.51. The van der Waals surface area contributed by atoms with Crippen molar-refractivity contribution in [3.8, 4) is 11.4 Å². The zero-order valence-electron chi connectivity index (χ0n) is 17.6. The lowest BCUT2D eigenvalue weighted by molar-refractivity contribution is -0.128. The van der Waals surface area contributed by atoms with Crippen LogP contribution >= 0.6 is 11.8 Å². The van der Waals surface area contributed by atoms with Gasteiger partial charge in [-0.1, -0.05) is 103 Å². The van der Waals surface area contributed by atoms with Crippen LogP contribution in [0.15, 0.2) is 96.2 Å². The summed E-state index contributed by atoms with van der Waals surface area (Å²) in [6.07, 6.45) is 0. The molecular formula is C25H24N4OS. The molecule has 0 fully saturated rings. The molecule has 5 nitrogen and oxygen atoms in total. The number of carbonyl (C=O) groups excluding carboxylic acids is 1. The number of hydrogen-bond donors (Lipinski definition) is 0. The van der Waals surface area contributed by atoms with Gasteiger partial charge < -0.3 is 9.47 Å². The van der Waals surface area contributed by atoms with E-state index in [9.17, 15) is 4.79 Å². The topological polar surface area (TPSA) is 51.0 Å². The predicted octanol–water partition coefficient (Wildman–Crippen LogP) is 4.82. The van der Waals surface area contributed by atoms with Crippen LogP contribution in [0.5, 0.6) is 0 Å². The second kappa shape index (κ2) is 9.62. The molecule has 1 aromatic heterocycles. The lowest BCUT2D eigenvalue weighted by Gasteiger charge is -2.29. The molecule has 31 heavy (non-hydrogen) atoms. The van der Waals surface area contributed by atoms with Crippen LogP contribution in [0.2, 0.25) is 0 Å². The quantitative estimate of drug-likeness (QED) is 0.396. The molecule has 1 heterocycles. The van der Waals surface area contributed by atoms with E-state index in [1.807, 2.05) is 90.3 Å². The zero-order valence-corrected chi connectivity index (χ0v) is 18.4. The fraction of sp³-hybridized carbons (Fsp3) is 0.160. The van der Waals surface area contributed by atoms with Crippen molar-refractivity contribution in [2.24, 2.45) is 7.05 Å². The summed E-state index contributed by atoms with van der Waals surface area (Å²) in [7, 11) is 3.79. The molecule has 0 N–H and O–H groups in total. The minimum absolute atomic E-state index is 0.0342. The molecule has 0 atom stereocenters. The number of thioether (sulfide) groups is 1. The van der Waals surface area contributed by atoms with E-state index in [1.54, 1.807) is 0 Å². The average molecular weight is 429 g/mol. The third-order valence-corrected chi connectivity index (χ3v) is 6.21. The monoisotopic (exact) mass is 428 g/mol. The summed E-state index contributed by atoms with van der Waals surface area (Å²) in [6.45, 7) is 0. The van der Waals surface area contributed by atoms with Crippen LogP contribution < -0.4 is 0 Å². The van der Waals surface area contributed by atoms with E-state index in [-0.39, 0.29) is 17.7 Å². The first-order chi connectivity index (χ1) is 15.1. The number of carbonyl (C=O) groups is 1. The van der Waals surface area contributed by atoms with Gasteiger partial charge in [0, 0.05) is 19.7 Å². The lowest BCUT2D eigenvalue weighted by atomic mass is 9.97. The molecule has 6 heteroatoms. The van der Waals surface area contributed by atoms with E-state index >= 15 is 0 Å². The van der Waals surface area contributed by atoms with E-state index in [2.05, 4.69) is 34.5 Å². The summed E-state index contributed by atoms with van der Waals surface area (Å²) >= 11 is 1.40. The third kappa shape index (κ3) is 4.70. The van der Waals surface area contributed by atoms with Crippen LogP contribution in [0.4, 0.5) is 0 Å². The number of aromatic nitrogens is 3. The van der Waals surface area contributed by atoms with Crippen molar-refractivity contribution in [1.29, 1.82) is 0 Å². The predicted molar refractivity (Wildman–Crippen MR) is 125 cm³/mol. The molecule has 0 bridgehead atoms. The first kappa shape index (κ1) is 20.9. The molecule has 1 amide bonds. The highest BCUT2D eigenvalue weighted by molar-refractivity contribution is 7.99. The number of benzene rings is 3. The molecule has 0 spiro atoms. The van der Waals surface area contributed by atoms with Gasteiger partial charge in [-0.25, -0.2) is 0 Å². The van der Waals surface area contributed by atoms with Gasteiger partial charge in [-0.15, -0.1) is 10.2 Å². The van der Waals surface area contributed by atoms with Gasteiger partial charge in [0.25, 0.3) is 0 Å². The number of rotatable bonds is 7. The zero-order chi connectivity index (χ0) is 21.6. The number of amides is 1. The van der Waals surface area contributed by atoms with Crippen molar-refractivity contribution in [2.45, 2.75) is 11.2 Å². The normalized spacial score (nSPS) is 10.9. The van der Waals surface area contributed by atoms with Gasteiger partial charge in [-0.2, -0.15) is 0 Å². The summed E-state index contributed by atoms with van der Waals surface area (Å²) in [5.74, 6) is 1.11. The van der Waals surface area contributed by atoms with Crippen molar-refractivity contribution in [3.63, 3.8) is 0 Å². The fourth-order valence-corrected chi connectivity index (χ4v) is 4.40. The fourth-order valence-electron chi connectivity index (χ4n) is 3.56. The van der Waals surface area contributed by atoms with E-state index < -0.39 is 0 Å². The van der Waals surface area contributed by atoms with Gasteiger partial charge in [0.1, 0.15) is 0 Å². The number of hydrogen-bond acceptors (Lipinski definition) is 4. The van der Waals surface area contributed by atoms with Crippen molar-refractivity contribution < 1.29 is 4.79 Å². The molecule has 4 aromatic rings. The standard InChI is InChI=1S/C25H24N4OS/c1-28(23(19-12-6-3-7-13-19)20-14-8-4-9-15-20)22(30)18-31-25-27-26-24(29(25)2)21-16-10-5-11-17-21/h3-17,23H,18H2,1-2H3. The van der Waals surface area contributed by atoms with Crippen molar-refractivity contribution >= 4 is 17.7 Å². The van der Waals surface area contributed by atoms with Crippen molar-refractivity contribution in [2.75, 3.05) is 12.8 Å². The van der Waals surface area contributed by atoms with Gasteiger partial charge >= 0.3 is 0 Å². The SMILES string of the molecule is CN(C(=O)CSc1nnc(-c2ccccc2)n1C)C(c1ccccc1)c1ccccc1. The summed E-state index contributed by atoms with van der Waals surface area (Å²) in [6, 6.07) is 30.0. The Bertz CT molecular complexity index is 1090. The molecule has 0 aliphatic heterocycles. The second-order valence-corrected chi connectivity index (χ2v) is 8.19. The largest absolute Gasteiger partial charge is 0.334 e. The highest BCUT2D eigenvalue weighted by Gasteiger charge is 2.24. The molecule has 0 unspecified atom stereocenters. The van der Waals surface area contributed by atoms with E-state index in [4.69, 9.17) is 0 Å². The van der Waals surface area contributed by atoms with Crippen LogP contribution in [0.1, 0.15) is 17.2 Å². The first-order valence-corrected chi connectivity index (χ1v) is 11.1. The summed E-state index contributed by atoms with van der Waals surface area (Å²) < 4.78 is 1.93. The van der Waals surface area contributed by atoms with Gasteiger partial charge in [0.2, 0.25) is 5.91 Å². The van der Waals surface area contributed by atoms with Crippen molar-refractivity contribution in [1.82, 2.24) is 19.7 Å². The minimum atomic E-state index is -0.144. The molecule has 3 aromatic carbocycles. The summed E-state index contributed by atoms with van der Waals surface area (Å²) in [5.41, 5.74) is 3.17. The Morgan fingerprint density at radius 1 is 0.871 bits per heavy atom.